The summed E-state index contributed by atoms with van der Waals surface area (Å²) in [5, 5.41) is 4.23. The molecule has 0 spiro atoms. The topological polar surface area (TPSA) is 34.4 Å². The highest BCUT2D eigenvalue weighted by molar-refractivity contribution is 6.30. The fourth-order valence-electron chi connectivity index (χ4n) is 2.82. The Hall–Kier alpha value is -1.45. The molecule has 1 unspecified atom stereocenters. The molecule has 4 heteroatoms. The highest BCUT2D eigenvalue weighted by Crippen LogP contribution is 2.39. The molecule has 0 amide bonds. The lowest BCUT2D eigenvalue weighted by Gasteiger charge is -2.19. The van der Waals surface area contributed by atoms with Crippen molar-refractivity contribution in [3.8, 4) is 5.75 Å². The van der Waals surface area contributed by atoms with Crippen molar-refractivity contribution in [3.05, 3.63) is 51.9 Å². The first kappa shape index (κ1) is 14.5. The third-order valence-electron chi connectivity index (χ3n) is 3.81. The van der Waals surface area contributed by atoms with Crippen molar-refractivity contribution in [2.75, 3.05) is 13.2 Å². The van der Waals surface area contributed by atoms with Crippen molar-refractivity contribution in [1.82, 2.24) is 5.32 Å². The zero-order valence-electron chi connectivity index (χ0n) is 12.4. The third-order valence-corrected chi connectivity index (χ3v) is 4.03. The molecule has 112 valence electrons. The molecule has 0 saturated heterocycles. The van der Waals surface area contributed by atoms with E-state index in [-0.39, 0.29) is 6.04 Å². The minimum Gasteiger partial charge on any atom is -0.493 e. The van der Waals surface area contributed by atoms with E-state index in [1.165, 1.54) is 5.56 Å². The van der Waals surface area contributed by atoms with Crippen LogP contribution < -0.4 is 10.1 Å². The summed E-state index contributed by atoms with van der Waals surface area (Å²) in [4.78, 5) is 0. The van der Waals surface area contributed by atoms with E-state index >= 15 is 0 Å². The fourth-order valence-corrected chi connectivity index (χ4v) is 3.07. The number of fused-ring (bicyclic) bond motifs is 1. The average molecular weight is 306 g/mol. The summed E-state index contributed by atoms with van der Waals surface area (Å²) in [7, 11) is 0. The largest absolute Gasteiger partial charge is 0.493 e. The molecular weight excluding hydrogens is 286 g/mol. The number of hydrogen-bond donors (Lipinski definition) is 1. The Kier molecular flexibility index (Phi) is 4.22. The van der Waals surface area contributed by atoms with Crippen LogP contribution in [0.25, 0.3) is 0 Å². The van der Waals surface area contributed by atoms with Crippen LogP contribution in [0.1, 0.15) is 42.5 Å². The molecule has 2 aromatic rings. The monoisotopic (exact) mass is 305 g/mol. The Balaban J connectivity index is 2.05. The third kappa shape index (κ3) is 2.81. The molecule has 1 atom stereocenters. The van der Waals surface area contributed by atoms with E-state index in [0.29, 0.717) is 0 Å². The molecule has 1 aliphatic heterocycles. The summed E-state index contributed by atoms with van der Waals surface area (Å²) >= 11 is 6.28. The first-order valence-electron chi connectivity index (χ1n) is 7.50. The van der Waals surface area contributed by atoms with Gasteiger partial charge in [0, 0.05) is 23.4 Å². The van der Waals surface area contributed by atoms with Gasteiger partial charge in [0.05, 0.1) is 12.6 Å². The average Bonchev–Trinajstić information content (AvgIpc) is 3.12. The number of rotatable bonds is 5. The van der Waals surface area contributed by atoms with Crippen molar-refractivity contribution < 1.29 is 9.15 Å². The van der Waals surface area contributed by atoms with Crippen molar-refractivity contribution in [3.63, 3.8) is 0 Å². The van der Waals surface area contributed by atoms with E-state index in [4.69, 9.17) is 20.8 Å². The summed E-state index contributed by atoms with van der Waals surface area (Å²) in [5.74, 6) is 2.86. The van der Waals surface area contributed by atoms with Gasteiger partial charge in [0.2, 0.25) is 0 Å². The Labute approximate surface area is 130 Å². The Bertz CT molecular complexity index is 636. The number of furan rings is 1. The van der Waals surface area contributed by atoms with Crippen LogP contribution in [0.2, 0.25) is 5.02 Å². The highest BCUT2D eigenvalue weighted by Gasteiger charge is 2.26. The van der Waals surface area contributed by atoms with Crippen molar-refractivity contribution in [2.24, 2.45) is 0 Å². The van der Waals surface area contributed by atoms with Gasteiger partial charge in [-0.2, -0.15) is 0 Å². The number of aryl methyl sites for hydroxylation is 1. The van der Waals surface area contributed by atoms with Crippen LogP contribution in [0, 0.1) is 0 Å². The zero-order valence-corrected chi connectivity index (χ0v) is 13.2. The second kappa shape index (κ2) is 6.12. The van der Waals surface area contributed by atoms with E-state index < -0.39 is 0 Å². The van der Waals surface area contributed by atoms with E-state index in [1.807, 2.05) is 24.3 Å². The van der Waals surface area contributed by atoms with Gasteiger partial charge in [0.1, 0.15) is 17.3 Å². The molecular formula is C17H20ClNO2. The molecule has 2 heterocycles. The molecule has 1 aromatic heterocycles. The minimum atomic E-state index is -0.0270. The molecule has 0 aliphatic carbocycles. The van der Waals surface area contributed by atoms with Crippen LogP contribution in [0.4, 0.5) is 0 Å². The summed E-state index contributed by atoms with van der Waals surface area (Å²) in [6, 6.07) is 8.02. The zero-order chi connectivity index (χ0) is 14.8. The van der Waals surface area contributed by atoms with Gasteiger partial charge in [0.15, 0.2) is 0 Å². The van der Waals surface area contributed by atoms with Crippen molar-refractivity contribution in [2.45, 2.75) is 32.7 Å². The van der Waals surface area contributed by atoms with Crippen LogP contribution in [0.3, 0.4) is 0 Å². The van der Waals surface area contributed by atoms with Crippen LogP contribution in [0.5, 0.6) is 5.75 Å². The van der Waals surface area contributed by atoms with E-state index in [9.17, 15) is 0 Å². The quantitative estimate of drug-likeness (QED) is 0.902. The van der Waals surface area contributed by atoms with Gasteiger partial charge in [-0.05, 0) is 36.4 Å². The highest BCUT2D eigenvalue weighted by atomic mass is 35.5. The number of nitrogens with one attached hydrogen (secondary N) is 1. The first-order valence-corrected chi connectivity index (χ1v) is 7.87. The molecule has 1 N–H and O–H groups in total. The lowest BCUT2D eigenvalue weighted by atomic mass is 10.00. The standard InChI is InChI=1S/C17H20ClNO2/c1-3-13-5-6-15(21-13)16(19-4-2)14-10-12(18)9-11-7-8-20-17(11)14/h5-6,9-10,16,19H,3-4,7-8H2,1-2H3. The van der Waals surface area contributed by atoms with Gasteiger partial charge >= 0.3 is 0 Å². The normalized spacial score (nSPS) is 14.8. The summed E-state index contributed by atoms with van der Waals surface area (Å²) in [5.41, 5.74) is 2.25. The summed E-state index contributed by atoms with van der Waals surface area (Å²) < 4.78 is 11.8. The Morgan fingerprint density at radius 1 is 1.29 bits per heavy atom. The maximum absolute atomic E-state index is 6.28. The molecule has 1 aromatic carbocycles. The van der Waals surface area contributed by atoms with Gasteiger partial charge in [0.25, 0.3) is 0 Å². The maximum Gasteiger partial charge on any atom is 0.127 e. The number of halogens is 1. The summed E-state index contributed by atoms with van der Waals surface area (Å²) in [6.07, 6.45) is 1.81. The van der Waals surface area contributed by atoms with E-state index in [1.54, 1.807) is 0 Å². The fraction of sp³-hybridized carbons (Fsp3) is 0.412. The van der Waals surface area contributed by atoms with Crippen LogP contribution in [-0.4, -0.2) is 13.2 Å². The van der Waals surface area contributed by atoms with Gasteiger partial charge in [-0.25, -0.2) is 0 Å². The van der Waals surface area contributed by atoms with Crippen molar-refractivity contribution >= 4 is 11.6 Å². The van der Waals surface area contributed by atoms with Gasteiger partial charge < -0.3 is 14.5 Å². The van der Waals surface area contributed by atoms with Gasteiger partial charge in [-0.15, -0.1) is 0 Å². The molecule has 3 rings (SSSR count). The van der Waals surface area contributed by atoms with Crippen LogP contribution >= 0.6 is 11.6 Å². The summed E-state index contributed by atoms with van der Waals surface area (Å²) in [6.45, 7) is 5.74. The molecule has 21 heavy (non-hydrogen) atoms. The second-order valence-corrected chi connectivity index (χ2v) is 5.67. The molecule has 0 fully saturated rings. The number of ether oxygens (including phenoxy) is 1. The smallest absolute Gasteiger partial charge is 0.127 e. The molecule has 0 bridgehead atoms. The van der Waals surface area contributed by atoms with Gasteiger partial charge in [-0.1, -0.05) is 25.4 Å². The molecule has 0 radical (unpaired) electrons. The predicted octanol–water partition coefficient (Wildman–Crippen LogP) is 4.13. The van der Waals surface area contributed by atoms with Gasteiger partial charge in [-0.3, -0.25) is 0 Å². The van der Waals surface area contributed by atoms with E-state index in [2.05, 4.69) is 19.2 Å². The molecule has 3 nitrogen and oxygen atoms in total. The lowest BCUT2D eigenvalue weighted by Crippen LogP contribution is -2.22. The lowest BCUT2D eigenvalue weighted by molar-refractivity contribution is 0.346. The van der Waals surface area contributed by atoms with Crippen molar-refractivity contribution in [1.29, 1.82) is 0 Å². The van der Waals surface area contributed by atoms with E-state index in [0.717, 1.165) is 53.8 Å². The minimum absolute atomic E-state index is 0.0270. The number of hydrogen-bond acceptors (Lipinski definition) is 3. The SMILES string of the molecule is CCNC(c1ccc(CC)o1)c1cc(Cl)cc2c1OCC2. The molecule has 1 aliphatic rings. The first-order chi connectivity index (χ1) is 10.2. The van der Waals surface area contributed by atoms with Crippen LogP contribution in [-0.2, 0) is 12.8 Å². The maximum atomic E-state index is 6.28. The Morgan fingerprint density at radius 3 is 2.86 bits per heavy atom. The second-order valence-electron chi connectivity index (χ2n) is 5.23. The predicted molar refractivity (Wildman–Crippen MR) is 84.3 cm³/mol. The van der Waals surface area contributed by atoms with Crippen LogP contribution in [0.15, 0.2) is 28.7 Å². The Morgan fingerprint density at radius 2 is 2.14 bits per heavy atom. The molecule has 0 saturated carbocycles. The number of benzene rings is 1.